The number of nitrogens with zero attached hydrogens (tertiary/aromatic N) is 2. The molecule has 8 heteroatoms. The molecule has 0 aliphatic heterocycles. The standard InChI is InChI=1S/C15H18BrN5O2/c1-7-4-10(16)5-8(2)13(7)23-6-11-12(14(22)21-18)9(3)19-15(17)20-11/h4-5H,6,18H2,1-3H3,(H,21,22)(H2,17,19,20). The van der Waals surface area contributed by atoms with Gasteiger partial charge in [0.15, 0.2) is 0 Å². The van der Waals surface area contributed by atoms with Crippen LogP contribution in [0.3, 0.4) is 0 Å². The number of benzene rings is 1. The van der Waals surface area contributed by atoms with E-state index in [4.69, 9.17) is 16.3 Å². The number of rotatable bonds is 4. The average molecular weight is 380 g/mol. The van der Waals surface area contributed by atoms with E-state index in [2.05, 4.69) is 31.3 Å². The van der Waals surface area contributed by atoms with Crippen LogP contribution in [0.4, 0.5) is 5.95 Å². The number of ether oxygens (including phenoxy) is 1. The van der Waals surface area contributed by atoms with E-state index in [0.29, 0.717) is 11.4 Å². The summed E-state index contributed by atoms with van der Waals surface area (Å²) in [5, 5.41) is 0. The number of hydrogen-bond acceptors (Lipinski definition) is 6. The van der Waals surface area contributed by atoms with Gasteiger partial charge in [0.25, 0.3) is 5.91 Å². The minimum Gasteiger partial charge on any atom is -0.487 e. The number of aromatic nitrogens is 2. The zero-order valence-electron chi connectivity index (χ0n) is 13.1. The molecule has 1 heterocycles. The van der Waals surface area contributed by atoms with E-state index in [1.165, 1.54) is 0 Å². The highest BCUT2D eigenvalue weighted by molar-refractivity contribution is 9.10. The second-order valence-electron chi connectivity index (χ2n) is 5.12. The maximum absolute atomic E-state index is 11.9. The van der Waals surface area contributed by atoms with Crippen molar-refractivity contribution in [2.45, 2.75) is 27.4 Å². The molecule has 0 saturated carbocycles. The normalized spacial score (nSPS) is 10.5. The van der Waals surface area contributed by atoms with E-state index in [9.17, 15) is 4.79 Å². The van der Waals surface area contributed by atoms with Crippen LogP contribution in [-0.2, 0) is 6.61 Å². The Morgan fingerprint density at radius 3 is 2.43 bits per heavy atom. The van der Waals surface area contributed by atoms with E-state index in [1.54, 1.807) is 6.92 Å². The molecule has 0 aliphatic rings. The van der Waals surface area contributed by atoms with Crippen molar-refractivity contribution in [1.82, 2.24) is 15.4 Å². The van der Waals surface area contributed by atoms with Gasteiger partial charge >= 0.3 is 0 Å². The van der Waals surface area contributed by atoms with E-state index < -0.39 is 5.91 Å². The Bertz CT molecular complexity index is 741. The van der Waals surface area contributed by atoms with Crippen LogP contribution in [0.5, 0.6) is 5.75 Å². The summed E-state index contributed by atoms with van der Waals surface area (Å²) >= 11 is 3.44. The van der Waals surface area contributed by atoms with Gasteiger partial charge < -0.3 is 10.5 Å². The van der Waals surface area contributed by atoms with E-state index in [0.717, 1.165) is 21.3 Å². The zero-order valence-corrected chi connectivity index (χ0v) is 14.7. The summed E-state index contributed by atoms with van der Waals surface area (Å²) < 4.78 is 6.84. The van der Waals surface area contributed by atoms with Crippen LogP contribution in [0.25, 0.3) is 0 Å². The van der Waals surface area contributed by atoms with E-state index in [1.807, 2.05) is 26.0 Å². The molecule has 0 aliphatic carbocycles. The van der Waals surface area contributed by atoms with Gasteiger partial charge in [0.1, 0.15) is 12.4 Å². The third kappa shape index (κ3) is 3.77. The molecule has 122 valence electrons. The molecule has 2 rings (SSSR count). The van der Waals surface area contributed by atoms with Gasteiger partial charge in [-0.1, -0.05) is 15.9 Å². The fourth-order valence-electron chi connectivity index (χ4n) is 2.39. The lowest BCUT2D eigenvalue weighted by molar-refractivity contribution is 0.0949. The summed E-state index contributed by atoms with van der Waals surface area (Å²) in [4.78, 5) is 20.0. The third-order valence-electron chi connectivity index (χ3n) is 3.32. The fourth-order valence-corrected chi connectivity index (χ4v) is 3.08. The lowest BCUT2D eigenvalue weighted by Gasteiger charge is -2.15. The predicted molar refractivity (Wildman–Crippen MR) is 90.8 cm³/mol. The van der Waals surface area contributed by atoms with Crippen molar-refractivity contribution in [3.05, 3.63) is 44.7 Å². The molecule has 0 fully saturated rings. The highest BCUT2D eigenvalue weighted by Crippen LogP contribution is 2.28. The maximum atomic E-state index is 11.9. The van der Waals surface area contributed by atoms with Crippen LogP contribution in [-0.4, -0.2) is 15.9 Å². The molecule has 0 bridgehead atoms. The first-order chi connectivity index (χ1) is 10.8. The van der Waals surface area contributed by atoms with Gasteiger partial charge in [-0.05, 0) is 44.0 Å². The second-order valence-corrected chi connectivity index (χ2v) is 6.04. The number of aryl methyl sites for hydroxylation is 3. The first-order valence-corrected chi connectivity index (χ1v) is 7.66. The van der Waals surface area contributed by atoms with Crippen LogP contribution in [0.2, 0.25) is 0 Å². The molecule has 0 spiro atoms. The van der Waals surface area contributed by atoms with Gasteiger partial charge in [0.05, 0.1) is 17.0 Å². The summed E-state index contributed by atoms with van der Waals surface area (Å²) in [6.45, 7) is 5.64. The maximum Gasteiger partial charge on any atom is 0.269 e. The van der Waals surface area contributed by atoms with Crippen molar-refractivity contribution < 1.29 is 9.53 Å². The number of carbonyl (C=O) groups is 1. The molecule has 1 aromatic heterocycles. The number of amides is 1. The number of nitrogens with two attached hydrogens (primary N) is 2. The van der Waals surface area contributed by atoms with Crippen molar-refractivity contribution >= 4 is 27.8 Å². The van der Waals surface area contributed by atoms with Crippen molar-refractivity contribution in [3.8, 4) is 5.75 Å². The summed E-state index contributed by atoms with van der Waals surface area (Å²) in [6.07, 6.45) is 0. The van der Waals surface area contributed by atoms with Crippen LogP contribution < -0.4 is 21.7 Å². The number of hydrogen-bond donors (Lipinski definition) is 3. The Hall–Kier alpha value is -2.19. The van der Waals surface area contributed by atoms with Crippen LogP contribution in [0, 0.1) is 20.8 Å². The molecule has 1 aromatic carbocycles. The monoisotopic (exact) mass is 379 g/mol. The Balaban J connectivity index is 2.36. The Morgan fingerprint density at radius 2 is 1.87 bits per heavy atom. The quantitative estimate of drug-likeness (QED) is 0.424. The topological polar surface area (TPSA) is 116 Å². The molecule has 0 atom stereocenters. The SMILES string of the molecule is Cc1cc(Br)cc(C)c1OCc1nc(N)nc(C)c1C(=O)NN. The fraction of sp³-hybridized carbons (Fsp3) is 0.267. The van der Waals surface area contributed by atoms with Crippen LogP contribution >= 0.6 is 15.9 Å². The molecule has 23 heavy (non-hydrogen) atoms. The zero-order chi connectivity index (χ0) is 17.1. The first-order valence-electron chi connectivity index (χ1n) is 6.87. The van der Waals surface area contributed by atoms with Gasteiger partial charge in [-0.25, -0.2) is 15.8 Å². The van der Waals surface area contributed by atoms with Crippen molar-refractivity contribution in [2.75, 3.05) is 5.73 Å². The summed E-state index contributed by atoms with van der Waals surface area (Å²) in [6, 6.07) is 3.91. The summed E-state index contributed by atoms with van der Waals surface area (Å²) in [5.74, 6) is 5.56. The molecule has 2 aromatic rings. The Morgan fingerprint density at radius 1 is 1.26 bits per heavy atom. The van der Waals surface area contributed by atoms with Gasteiger partial charge in [0.2, 0.25) is 5.95 Å². The largest absolute Gasteiger partial charge is 0.487 e. The minimum absolute atomic E-state index is 0.0823. The van der Waals surface area contributed by atoms with Crippen LogP contribution in [0.1, 0.15) is 32.9 Å². The van der Waals surface area contributed by atoms with Gasteiger partial charge in [0, 0.05) is 4.47 Å². The Kier molecular flexibility index (Phi) is 5.17. The number of nitrogens with one attached hydrogen (secondary N) is 1. The third-order valence-corrected chi connectivity index (χ3v) is 3.78. The lowest BCUT2D eigenvalue weighted by Crippen LogP contribution is -2.32. The Labute approximate surface area is 142 Å². The number of nitrogen functional groups attached to an aromatic ring is 2. The molecule has 0 saturated heterocycles. The highest BCUT2D eigenvalue weighted by atomic mass is 79.9. The predicted octanol–water partition coefficient (Wildman–Crippen LogP) is 1.93. The molecule has 1 amide bonds. The molecule has 7 nitrogen and oxygen atoms in total. The molecule has 0 radical (unpaired) electrons. The lowest BCUT2D eigenvalue weighted by atomic mass is 10.1. The number of halogens is 1. The highest BCUT2D eigenvalue weighted by Gasteiger charge is 2.18. The molecular weight excluding hydrogens is 362 g/mol. The van der Waals surface area contributed by atoms with Gasteiger partial charge in [-0.3, -0.25) is 10.2 Å². The van der Waals surface area contributed by atoms with Gasteiger partial charge in [-0.2, -0.15) is 0 Å². The molecule has 0 unspecified atom stereocenters. The molecule has 5 N–H and O–H groups in total. The minimum atomic E-state index is -0.481. The average Bonchev–Trinajstić information content (AvgIpc) is 2.44. The van der Waals surface area contributed by atoms with E-state index >= 15 is 0 Å². The van der Waals surface area contributed by atoms with Crippen molar-refractivity contribution in [3.63, 3.8) is 0 Å². The summed E-state index contributed by atoms with van der Waals surface area (Å²) in [5.41, 5.74) is 10.8. The second kappa shape index (κ2) is 6.93. The van der Waals surface area contributed by atoms with Crippen LogP contribution in [0.15, 0.2) is 16.6 Å². The number of carbonyl (C=O) groups excluding carboxylic acids is 1. The number of anilines is 1. The van der Waals surface area contributed by atoms with Crippen molar-refractivity contribution in [2.24, 2.45) is 5.84 Å². The van der Waals surface area contributed by atoms with Gasteiger partial charge in [-0.15, -0.1) is 0 Å². The molecular formula is C15H18BrN5O2. The van der Waals surface area contributed by atoms with E-state index in [-0.39, 0.29) is 18.1 Å². The smallest absolute Gasteiger partial charge is 0.269 e. The first kappa shape index (κ1) is 17.2. The summed E-state index contributed by atoms with van der Waals surface area (Å²) in [7, 11) is 0. The number of hydrazine groups is 1. The van der Waals surface area contributed by atoms with Crippen molar-refractivity contribution in [1.29, 1.82) is 0 Å².